The first kappa shape index (κ1) is 15.5. The van der Waals surface area contributed by atoms with Crippen LogP contribution in [0.1, 0.15) is 37.7 Å². The van der Waals surface area contributed by atoms with Gasteiger partial charge in [-0.25, -0.2) is 4.98 Å². The normalized spacial score (nSPS) is 16.6. The molecule has 1 amide bonds. The van der Waals surface area contributed by atoms with Crippen molar-refractivity contribution in [1.29, 1.82) is 0 Å². The molecule has 3 rings (SSSR count). The Morgan fingerprint density at radius 3 is 2.43 bits per heavy atom. The number of methoxy groups -OCH3 is 1. The molecule has 1 aliphatic carbocycles. The maximum absolute atomic E-state index is 13.1. The second-order valence-corrected chi connectivity index (χ2v) is 6.05. The van der Waals surface area contributed by atoms with Gasteiger partial charge in [-0.15, -0.1) is 0 Å². The number of benzene rings is 1. The third-order valence-electron chi connectivity index (χ3n) is 4.67. The molecule has 0 bridgehead atoms. The van der Waals surface area contributed by atoms with E-state index in [1.807, 2.05) is 24.3 Å². The number of carbonyl (C=O) groups is 1. The zero-order chi connectivity index (χ0) is 16.1. The average Bonchev–Trinajstić information content (AvgIpc) is 2.63. The minimum Gasteiger partial charge on any atom is -0.481 e. The molecule has 1 heterocycles. The molecule has 1 N–H and O–H groups in total. The first-order chi connectivity index (χ1) is 11.2. The van der Waals surface area contributed by atoms with Gasteiger partial charge in [0.1, 0.15) is 0 Å². The number of aromatic nitrogens is 1. The Bertz CT molecular complexity index is 647. The van der Waals surface area contributed by atoms with Crippen LogP contribution in [0.5, 0.6) is 5.88 Å². The molecule has 4 heteroatoms. The number of anilines is 1. The molecule has 0 aliphatic heterocycles. The van der Waals surface area contributed by atoms with Crippen LogP contribution in [0, 0.1) is 0 Å². The molecular weight excluding hydrogens is 288 g/mol. The molecule has 1 aromatic heterocycles. The van der Waals surface area contributed by atoms with Crippen LogP contribution in [0.25, 0.3) is 0 Å². The highest BCUT2D eigenvalue weighted by atomic mass is 16.5. The number of pyridine rings is 1. The molecular formula is C19H22N2O2. The van der Waals surface area contributed by atoms with Crippen LogP contribution in [-0.2, 0) is 10.2 Å². The van der Waals surface area contributed by atoms with Gasteiger partial charge in [-0.3, -0.25) is 4.79 Å². The Hall–Kier alpha value is -2.36. The summed E-state index contributed by atoms with van der Waals surface area (Å²) in [7, 11) is 1.58. The number of rotatable bonds is 4. The number of nitrogens with one attached hydrogen (secondary N) is 1. The second-order valence-electron chi connectivity index (χ2n) is 6.05. The van der Waals surface area contributed by atoms with E-state index in [0.717, 1.165) is 31.2 Å². The fraction of sp³-hybridized carbons (Fsp3) is 0.368. The SMILES string of the molecule is COc1ccc(NC(=O)C2(c3ccccc3)CCCCC2)cn1. The lowest BCUT2D eigenvalue weighted by molar-refractivity contribution is -0.122. The van der Waals surface area contributed by atoms with Crippen molar-refractivity contribution in [2.75, 3.05) is 12.4 Å². The highest BCUT2D eigenvalue weighted by Gasteiger charge is 2.40. The summed E-state index contributed by atoms with van der Waals surface area (Å²) in [6, 6.07) is 13.7. The van der Waals surface area contributed by atoms with Crippen LogP contribution >= 0.6 is 0 Å². The van der Waals surface area contributed by atoms with Gasteiger partial charge in [-0.05, 0) is 24.5 Å². The molecule has 1 saturated carbocycles. The van der Waals surface area contributed by atoms with Crippen LogP contribution in [0.3, 0.4) is 0 Å². The van der Waals surface area contributed by atoms with Gasteiger partial charge in [0.2, 0.25) is 11.8 Å². The molecule has 0 atom stereocenters. The van der Waals surface area contributed by atoms with E-state index >= 15 is 0 Å². The van der Waals surface area contributed by atoms with Crippen molar-refractivity contribution >= 4 is 11.6 Å². The van der Waals surface area contributed by atoms with Gasteiger partial charge in [0, 0.05) is 6.07 Å². The van der Waals surface area contributed by atoms with E-state index in [4.69, 9.17) is 4.74 Å². The summed E-state index contributed by atoms with van der Waals surface area (Å²) >= 11 is 0. The minimum atomic E-state index is -0.431. The summed E-state index contributed by atoms with van der Waals surface area (Å²) in [5.41, 5.74) is 1.38. The predicted molar refractivity (Wildman–Crippen MR) is 90.6 cm³/mol. The molecule has 0 unspecified atom stereocenters. The number of hydrogen-bond donors (Lipinski definition) is 1. The van der Waals surface area contributed by atoms with E-state index in [9.17, 15) is 4.79 Å². The minimum absolute atomic E-state index is 0.0652. The Kier molecular flexibility index (Phi) is 4.60. The molecule has 0 saturated heterocycles. The zero-order valence-electron chi connectivity index (χ0n) is 13.4. The smallest absolute Gasteiger partial charge is 0.235 e. The van der Waals surface area contributed by atoms with Crippen LogP contribution in [0.15, 0.2) is 48.7 Å². The Morgan fingerprint density at radius 2 is 1.83 bits per heavy atom. The van der Waals surface area contributed by atoms with Crippen molar-refractivity contribution in [2.24, 2.45) is 0 Å². The monoisotopic (exact) mass is 310 g/mol. The van der Waals surface area contributed by atoms with Gasteiger partial charge in [-0.1, -0.05) is 49.6 Å². The van der Waals surface area contributed by atoms with Crippen molar-refractivity contribution in [1.82, 2.24) is 4.98 Å². The Morgan fingerprint density at radius 1 is 1.09 bits per heavy atom. The molecule has 0 spiro atoms. The van der Waals surface area contributed by atoms with Crippen molar-refractivity contribution in [2.45, 2.75) is 37.5 Å². The maximum Gasteiger partial charge on any atom is 0.235 e. The van der Waals surface area contributed by atoms with E-state index in [0.29, 0.717) is 11.6 Å². The molecule has 1 fully saturated rings. The van der Waals surface area contributed by atoms with Crippen LogP contribution < -0.4 is 10.1 Å². The number of hydrogen-bond acceptors (Lipinski definition) is 3. The van der Waals surface area contributed by atoms with E-state index in [1.54, 1.807) is 19.4 Å². The lowest BCUT2D eigenvalue weighted by Crippen LogP contribution is -2.42. The molecule has 2 aromatic rings. The van der Waals surface area contributed by atoms with Gasteiger partial charge >= 0.3 is 0 Å². The Balaban J connectivity index is 1.85. The molecule has 0 radical (unpaired) electrons. The third-order valence-corrected chi connectivity index (χ3v) is 4.67. The summed E-state index contributed by atoms with van der Waals surface area (Å²) in [5, 5.41) is 3.05. The van der Waals surface area contributed by atoms with E-state index in [2.05, 4.69) is 22.4 Å². The first-order valence-corrected chi connectivity index (χ1v) is 8.12. The van der Waals surface area contributed by atoms with E-state index in [1.165, 1.54) is 6.42 Å². The van der Waals surface area contributed by atoms with Crippen LogP contribution in [0.2, 0.25) is 0 Å². The highest BCUT2D eigenvalue weighted by molar-refractivity contribution is 5.99. The van der Waals surface area contributed by atoms with Crippen molar-refractivity contribution in [3.8, 4) is 5.88 Å². The van der Waals surface area contributed by atoms with Crippen LogP contribution in [-0.4, -0.2) is 18.0 Å². The summed E-state index contributed by atoms with van der Waals surface area (Å²) in [4.78, 5) is 17.2. The molecule has 1 aromatic carbocycles. The highest BCUT2D eigenvalue weighted by Crippen LogP contribution is 2.40. The summed E-state index contributed by atoms with van der Waals surface area (Å²) in [6.07, 6.45) is 6.80. The summed E-state index contributed by atoms with van der Waals surface area (Å²) < 4.78 is 5.06. The number of carbonyl (C=O) groups excluding carboxylic acids is 1. The summed E-state index contributed by atoms with van der Waals surface area (Å²) in [6.45, 7) is 0. The number of ether oxygens (including phenoxy) is 1. The first-order valence-electron chi connectivity index (χ1n) is 8.12. The van der Waals surface area contributed by atoms with Crippen molar-refractivity contribution < 1.29 is 9.53 Å². The average molecular weight is 310 g/mol. The molecule has 4 nitrogen and oxygen atoms in total. The molecule has 1 aliphatic rings. The fourth-order valence-electron chi connectivity index (χ4n) is 3.39. The van der Waals surface area contributed by atoms with Gasteiger partial charge in [0.05, 0.1) is 24.4 Å². The summed E-state index contributed by atoms with van der Waals surface area (Å²) in [5.74, 6) is 0.605. The van der Waals surface area contributed by atoms with Gasteiger partial charge in [0.25, 0.3) is 0 Å². The second kappa shape index (κ2) is 6.82. The van der Waals surface area contributed by atoms with Gasteiger partial charge < -0.3 is 10.1 Å². The van der Waals surface area contributed by atoms with Gasteiger partial charge in [0.15, 0.2) is 0 Å². The van der Waals surface area contributed by atoms with E-state index in [-0.39, 0.29) is 5.91 Å². The van der Waals surface area contributed by atoms with Crippen molar-refractivity contribution in [3.63, 3.8) is 0 Å². The zero-order valence-corrected chi connectivity index (χ0v) is 13.4. The Labute approximate surface area is 136 Å². The topological polar surface area (TPSA) is 51.2 Å². The predicted octanol–water partition coefficient (Wildman–Crippen LogP) is 3.93. The number of nitrogens with zero attached hydrogens (tertiary/aromatic N) is 1. The standard InChI is InChI=1S/C19H22N2O2/c1-23-17-11-10-16(14-20-17)21-18(22)19(12-6-3-7-13-19)15-8-4-2-5-9-15/h2,4-5,8-11,14H,3,6-7,12-13H2,1H3,(H,21,22). The van der Waals surface area contributed by atoms with E-state index < -0.39 is 5.41 Å². The third kappa shape index (κ3) is 3.21. The lowest BCUT2D eigenvalue weighted by atomic mass is 9.68. The lowest BCUT2D eigenvalue weighted by Gasteiger charge is -2.36. The van der Waals surface area contributed by atoms with Crippen LogP contribution in [0.4, 0.5) is 5.69 Å². The fourth-order valence-corrected chi connectivity index (χ4v) is 3.39. The largest absolute Gasteiger partial charge is 0.481 e. The number of amides is 1. The maximum atomic E-state index is 13.1. The molecule has 120 valence electrons. The molecule has 23 heavy (non-hydrogen) atoms. The van der Waals surface area contributed by atoms with Gasteiger partial charge in [-0.2, -0.15) is 0 Å². The van der Waals surface area contributed by atoms with Crippen molar-refractivity contribution in [3.05, 3.63) is 54.2 Å². The quantitative estimate of drug-likeness (QED) is 0.931.